The van der Waals surface area contributed by atoms with Crippen LogP contribution < -0.4 is 0 Å². The second-order valence-electron chi connectivity index (χ2n) is 4.52. The Hall–Kier alpha value is -2.35. The molecule has 0 spiro atoms. The first-order chi connectivity index (χ1) is 9.49. The molecule has 0 aliphatic rings. The molecule has 20 heavy (non-hydrogen) atoms. The number of rotatable bonds is 6. The number of carbonyl (C=O) groups excluding carboxylic acids is 1. The van der Waals surface area contributed by atoms with E-state index in [1.165, 1.54) is 0 Å². The van der Waals surface area contributed by atoms with Crippen molar-refractivity contribution in [3.8, 4) is 6.07 Å². The van der Waals surface area contributed by atoms with Crippen molar-refractivity contribution in [3.05, 3.63) is 35.4 Å². The van der Waals surface area contributed by atoms with Gasteiger partial charge in [0, 0.05) is 0 Å². The van der Waals surface area contributed by atoms with Crippen molar-refractivity contribution in [1.29, 1.82) is 5.26 Å². The van der Waals surface area contributed by atoms with E-state index in [1.807, 2.05) is 13.0 Å². The number of esters is 1. The van der Waals surface area contributed by atoms with Crippen molar-refractivity contribution < 1.29 is 19.4 Å². The van der Waals surface area contributed by atoms with Crippen molar-refractivity contribution in [2.24, 2.45) is 5.92 Å². The Kier molecular flexibility index (Phi) is 5.73. The maximum atomic E-state index is 11.9. The van der Waals surface area contributed by atoms with Crippen LogP contribution in [0.1, 0.15) is 31.4 Å². The summed E-state index contributed by atoms with van der Waals surface area (Å²) in [4.78, 5) is 23.1. The number of carbonyl (C=O) groups is 2. The van der Waals surface area contributed by atoms with Crippen LogP contribution in [0, 0.1) is 17.2 Å². The van der Waals surface area contributed by atoms with E-state index in [0.717, 1.165) is 0 Å². The summed E-state index contributed by atoms with van der Waals surface area (Å²) < 4.78 is 5.07. The first kappa shape index (κ1) is 15.7. The Labute approximate surface area is 117 Å². The lowest BCUT2D eigenvalue weighted by Crippen LogP contribution is -2.30. The molecule has 0 bridgehead atoms. The minimum atomic E-state index is -1.29. The molecule has 5 heteroatoms. The summed E-state index contributed by atoms with van der Waals surface area (Å²) >= 11 is 0. The minimum absolute atomic E-state index is 0.0473. The lowest BCUT2D eigenvalue weighted by molar-refractivity contribution is -0.161. The van der Waals surface area contributed by atoms with E-state index in [1.54, 1.807) is 31.2 Å². The number of ether oxygens (including phenoxy) is 1. The largest absolute Gasteiger partial charge is 0.481 e. The Morgan fingerprint density at radius 2 is 2.05 bits per heavy atom. The zero-order valence-corrected chi connectivity index (χ0v) is 11.5. The van der Waals surface area contributed by atoms with Gasteiger partial charge in [0.2, 0.25) is 0 Å². The van der Waals surface area contributed by atoms with Gasteiger partial charge in [0.1, 0.15) is 0 Å². The molecule has 0 radical (unpaired) electrons. The van der Waals surface area contributed by atoms with E-state index in [2.05, 4.69) is 0 Å². The maximum Gasteiger partial charge on any atom is 0.320 e. The van der Waals surface area contributed by atoms with Crippen molar-refractivity contribution in [2.75, 3.05) is 0 Å². The van der Waals surface area contributed by atoms with E-state index < -0.39 is 17.9 Å². The molecule has 5 nitrogen and oxygen atoms in total. The normalized spacial score (nSPS) is 13.1. The van der Waals surface area contributed by atoms with Gasteiger partial charge in [0.15, 0.2) is 5.92 Å². The summed E-state index contributed by atoms with van der Waals surface area (Å²) in [5, 5.41) is 18.1. The number of aliphatic carboxylic acids is 1. The monoisotopic (exact) mass is 275 g/mol. The number of carboxylic acids is 1. The van der Waals surface area contributed by atoms with Crippen LogP contribution in [0.25, 0.3) is 0 Å². The number of hydrogen-bond acceptors (Lipinski definition) is 4. The van der Waals surface area contributed by atoms with Gasteiger partial charge in [0.25, 0.3) is 0 Å². The van der Waals surface area contributed by atoms with Gasteiger partial charge in [-0.05, 0) is 31.4 Å². The summed E-state index contributed by atoms with van der Waals surface area (Å²) in [6.45, 7) is 3.55. The lowest BCUT2D eigenvalue weighted by Gasteiger charge is -2.16. The molecule has 0 saturated carbocycles. The standard InChI is InChI=1S/C15H17NO4/c1-3-10(2)20-15(19)13(14(17)18)8-11-6-4-5-7-12(11)9-16/h4-7,10,13H,3,8H2,1-2H3,(H,17,18). The third-order valence-corrected chi connectivity index (χ3v) is 3.04. The number of carboxylic acid groups (broad SMARTS) is 1. The second-order valence-corrected chi connectivity index (χ2v) is 4.52. The zero-order valence-electron chi connectivity index (χ0n) is 11.5. The molecule has 0 amide bonds. The number of benzene rings is 1. The Bertz CT molecular complexity index is 533. The molecule has 0 aliphatic carbocycles. The zero-order chi connectivity index (χ0) is 15.1. The van der Waals surface area contributed by atoms with Crippen LogP contribution in [-0.2, 0) is 20.7 Å². The van der Waals surface area contributed by atoms with E-state index in [0.29, 0.717) is 17.5 Å². The highest BCUT2D eigenvalue weighted by Gasteiger charge is 2.29. The van der Waals surface area contributed by atoms with Crippen LogP contribution in [0.3, 0.4) is 0 Å². The predicted molar refractivity (Wildman–Crippen MR) is 71.8 cm³/mol. The average molecular weight is 275 g/mol. The molecule has 1 rings (SSSR count). The molecule has 0 aromatic heterocycles. The molecule has 106 valence electrons. The first-order valence-electron chi connectivity index (χ1n) is 6.40. The summed E-state index contributed by atoms with van der Waals surface area (Å²) in [7, 11) is 0. The van der Waals surface area contributed by atoms with Crippen LogP contribution in [0.2, 0.25) is 0 Å². The van der Waals surface area contributed by atoms with Gasteiger partial charge in [-0.25, -0.2) is 0 Å². The molecule has 2 atom stereocenters. The Morgan fingerprint density at radius 3 is 2.60 bits per heavy atom. The molecule has 1 N–H and O–H groups in total. The Balaban J connectivity index is 2.91. The molecule has 0 fully saturated rings. The number of hydrogen-bond donors (Lipinski definition) is 1. The quantitative estimate of drug-likeness (QED) is 0.634. The van der Waals surface area contributed by atoms with Gasteiger partial charge in [0.05, 0.1) is 17.7 Å². The van der Waals surface area contributed by atoms with Crippen molar-refractivity contribution >= 4 is 11.9 Å². The van der Waals surface area contributed by atoms with E-state index in [4.69, 9.17) is 10.00 Å². The minimum Gasteiger partial charge on any atom is -0.481 e. The van der Waals surface area contributed by atoms with Crippen LogP contribution in [0.5, 0.6) is 0 Å². The molecule has 1 aromatic carbocycles. The lowest BCUT2D eigenvalue weighted by atomic mass is 9.96. The van der Waals surface area contributed by atoms with Gasteiger partial charge in [-0.3, -0.25) is 9.59 Å². The van der Waals surface area contributed by atoms with Gasteiger partial charge in [-0.1, -0.05) is 25.1 Å². The van der Waals surface area contributed by atoms with Crippen LogP contribution in [0.4, 0.5) is 0 Å². The topological polar surface area (TPSA) is 87.4 Å². The number of nitriles is 1. The summed E-state index contributed by atoms with van der Waals surface area (Å²) in [6, 6.07) is 8.61. The average Bonchev–Trinajstić information content (AvgIpc) is 2.44. The van der Waals surface area contributed by atoms with Gasteiger partial charge in [-0.2, -0.15) is 5.26 Å². The number of nitrogens with zero attached hydrogens (tertiary/aromatic N) is 1. The molecule has 0 saturated heterocycles. The summed E-state index contributed by atoms with van der Waals surface area (Å²) in [6.07, 6.45) is 0.247. The second kappa shape index (κ2) is 7.29. The fourth-order valence-electron chi connectivity index (χ4n) is 1.66. The highest BCUT2D eigenvalue weighted by atomic mass is 16.5. The first-order valence-corrected chi connectivity index (χ1v) is 6.40. The van der Waals surface area contributed by atoms with Crippen molar-refractivity contribution in [2.45, 2.75) is 32.8 Å². The molecule has 0 aliphatic heterocycles. The smallest absolute Gasteiger partial charge is 0.320 e. The third kappa shape index (κ3) is 4.09. The van der Waals surface area contributed by atoms with Gasteiger partial charge < -0.3 is 9.84 Å². The van der Waals surface area contributed by atoms with Crippen molar-refractivity contribution in [3.63, 3.8) is 0 Å². The fraction of sp³-hybridized carbons (Fsp3) is 0.400. The molecule has 0 heterocycles. The van der Waals surface area contributed by atoms with Crippen LogP contribution >= 0.6 is 0 Å². The molecular weight excluding hydrogens is 258 g/mol. The van der Waals surface area contributed by atoms with E-state index in [9.17, 15) is 14.7 Å². The highest BCUT2D eigenvalue weighted by molar-refractivity contribution is 5.94. The fourth-order valence-corrected chi connectivity index (χ4v) is 1.66. The SMILES string of the molecule is CCC(C)OC(=O)C(Cc1ccccc1C#N)C(=O)O. The van der Waals surface area contributed by atoms with Crippen LogP contribution in [0.15, 0.2) is 24.3 Å². The molecule has 1 aromatic rings. The summed E-state index contributed by atoms with van der Waals surface area (Å²) in [5.41, 5.74) is 0.901. The van der Waals surface area contributed by atoms with Crippen LogP contribution in [-0.4, -0.2) is 23.1 Å². The van der Waals surface area contributed by atoms with E-state index in [-0.39, 0.29) is 12.5 Å². The highest BCUT2D eigenvalue weighted by Crippen LogP contribution is 2.16. The molecular formula is C15H17NO4. The molecule has 2 unspecified atom stereocenters. The Morgan fingerprint density at radius 1 is 1.40 bits per heavy atom. The van der Waals surface area contributed by atoms with Crippen molar-refractivity contribution in [1.82, 2.24) is 0 Å². The van der Waals surface area contributed by atoms with Gasteiger partial charge >= 0.3 is 11.9 Å². The van der Waals surface area contributed by atoms with E-state index >= 15 is 0 Å². The predicted octanol–water partition coefficient (Wildman–Crippen LogP) is 2.14. The van der Waals surface area contributed by atoms with Gasteiger partial charge in [-0.15, -0.1) is 0 Å². The third-order valence-electron chi connectivity index (χ3n) is 3.04. The maximum absolute atomic E-state index is 11.9. The summed E-state index contributed by atoms with van der Waals surface area (Å²) in [5.74, 6) is -3.30.